The maximum atomic E-state index is 9.64. The second-order valence-corrected chi connectivity index (χ2v) is 6.29. The Bertz CT molecular complexity index is 783. The number of rotatable bonds is 6. The van der Waals surface area contributed by atoms with E-state index in [-0.39, 0.29) is 12.1 Å². The average Bonchev–Trinajstić information content (AvgIpc) is 2.68. The molecule has 3 N–H and O–H groups in total. The van der Waals surface area contributed by atoms with E-state index in [4.69, 9.17) is 4.74 Å². The number of methoxy groups -OCH3 is 1. The summed E-state index contributed by atoms with van der Waals surface area (Å²) in [5, 5.41) is 25.6. The molecule has 136 valence electrons. The second-order valence-electron chi connectivity index (χ2n) is 6.29. The van der Waals surface area contributed by atoms with Crippen LogP contribution in [0.2, 0.25) is 0 Å². The van der Waals surface area contributed by atoms with Crippen molar-refractivity contribution in [2.24, 2.45) is 0 Å². The molecular weight excluding hydrogens is 332 g/mol. The van der Waals surface area contributed by atoms with Gasteiger partial charge in [-0.3, -0.25) is 0 Å². The highest BCUT2D eigenvalue weighted by atomic mass is 16.5. The molecule has 8 heteroatoms. The summed E-state index contributed by atoms with van der Waals surface area (Å²) in [5.41, 5.74) is 2.07. The van der Waals surface area contributed by atoms with Gasteiger partial charge in [-0.1, -0.05) is 0 Å². The summed E-state index contributed by atoms with van der Waals surface area (Å²) in [4.78, 5) is 12.4. The number of nitrogens with one attached hydrogen (secondary N) is 2. The smallest absolute Gasteiger partial charge is 0.221 e. The van der Waals surface area contributed by atoms with Gasteiger partial charge in [0.1, 0.15) is 18.2 Å². The Balaban J connectivity index is 1.70. The normalized spacial score (nSPS) is 19.4. The Morgan fingerprint density at radius 1 is 1.27 bits per heavy atom. The van der Waals surface area contributed by atoms with Crippen LogP contribution in [0.1, 0.15) is 36.8 Å². The van der Waals surface area contributed by atoms with E-state index >= 15 is 0 Å². The highest BCUT2D eigenvalue weighted by Crippen LogP contribution is 2.25. The van der Waals surface area contributed by atoms with Crippen molar-refractivity contribution in [1.82, 2.24) is 15.0 Å². The lowest BCUT2D eigenvalue weighted by Crippen LogP contribution is -2.28. The number of nitrogens with zero attached hydrogens (tertiary/aromatic N) is 4. The zero-order valence-corrected chi connectivity index (χ0v) is 14.6. The van der Waals surface area contributed by atoms with Crippen molar-refractivity contribution in [3.8, 4) is 11.9 Å². The van der Waals surface area contributed by atoms with Crippen LogP contribution in [0, 0.1) is 11.3 Å². The van der Waals surface area contributed by atoms with Gasteiger partial charge in [-0.05, 0) is 25.7 Å². The molecule has 0 radical (unpaired) electrons. The molecule has 0 unspecified atom stereocenters. The lowest BCUT2D eigenvalue weighted by Gasteiger charge is -2.27. The first-order chi connectivity index (χ1) is 12.7. The third kappa shape index (κ3) is 4.37. The van der Waals surface area contributed by atoms with E-state index < -0.39 is 0 Å². The Kier molecular flexibility index (Phi) is 5.81. The molecule has 0 amide bonds. The summed E-state index contributed by atoms with van der Waals surface area (Å²) in [6.45, 7) is 0.456. The average molecular weight is 354 g/mol. The zero-order chi connectivity index (χ0) is 18.4. The van der Waals surface area contributed by atoms with Crippen LogP contribution < -0.4 is 15.4 Å². The maximum Gasteiger partial charge on any atom is 0.221 e. The van der Waals surface area contributed by atoms with E-state index in [0.29, 0.717) is 23.8 Å². The van der Waals surface area contributed by atoms with E-state index in [2.05, 4.69) is 31.7 Å². The van der Waals surface area contributed by atoms with Crippen LogP contribution in [0.25, 0.3) is 0 Å². The minimum Gasteiger partial charge on any atom is -0.481 e. The van der Waals surface area contributed by atoms with E-state index in [9.17, 15) is 10.4 Å². The fraction of sp³-hybridized carbons (Fsp3) is 0.444. The molecule has 0 aromatic carbocycles. The van der Waals surface area contributed by atoms with Crippen molar-refractivity contribution in [2.45, 2.75) is 44.4 Å². The van der Waals surface area contributed by atoms with Gasteiger partial charge in [-0.15, -0.1) is 0 Å². The molecule has 3 rings (SSSR count). The first kappa shape index (κ1) is 17.9. The molecule has 2 aromatic heterocycles. The van der Waals surface area contributed by atoms with E-state index in [1.165, 1.54) is 6.33 Å². The lowest BCUT2D eigenvalue weighted by molar-refractivity contribution is 0.126. The molecule has 0 bridgehead atoms. The molecule has 2 heterocycles. The number of aromatic nitrogens is 3. The Hall–Kier alpha value is -2.92. The molecule has 0 saturated heterocycles. The fourth-order valence-electron chi connectivity index (χ4n) is 3.04. The number of pyridine rings is 1. The van der Waals surface area contributed by atoms with Crippen molar-refractivity contribution in [1.29, 1.82) is 5.26 Å². The predicted octanol–water partition coefficient (Wildman–Crippen LogP) is 2.08. The molecule has 0 atom stereocenters. The molecule has 8 nitrogen and oxygen atoms in total. The van der Waals surface area contributed by atoms with Crippen LogP contribution in [-0.2, 0) is 6.54 Å². The molecule has 26 heavy (non-hydrogen) atoms. The fourth-order valence-corrected chi connectivity index (χ4v) is 3.04. The van der Waals surface area contributed by atoms with Crippen LogP contribution in [0.3, 0.4) is 0 Å². The maximum absolute atomic E-state index is 9.64. The number of anilines is 2. The Labute approximate surface area is 152 Å². The molecule has 1 saturated carbocycles. The van der Waals surface area contributed by atoms with Crippen molar-refractivity contribution >= 4 is 11.5 Å². The predicted molar refractivity (Wildman–Crippen MR) is 96.7 cm³/mol. The number of nitriles is 1. The standard InChI is InChI=1S/C18H22N6O2/c1-26-18-13(8-20-11-23-18)10-22-17-6-16(12(7-19)9-21-17)24-14-2-4-15(25)5-3-14/h6,8-9,11,14-15,25H,2-5,10H2,1H3,(H2,21,22,24). The van der Waals surface area contributed by atoms with Crippen LogP contribution in [0.15, 0.2) is 24.8 Å². The molecule has 0 aliphatic heterocycles. The highest BCUT2D eigenvalue weighted by molar-refractivity contribution is 5.62. The third-order valence-electron chi connectivity index (χ3n) is 4.48. The third-order valence-corrected chi connectivity index (χ3v) is 4.48. The van der Waals surface area contributed by atoms with Gasteiger partial charge < -0.3 is 20.5 Å². The second kappa shape index (κ2) is 8.45. The molecule has 1 fully saturated rings. The quantitative estimate of drug-likeness (QED) is 0.722. The largest absolute Gasteiger partial charge is 0.481 e. The SMILES string of the molecule is COc1ncncc1CNc1cc(NC2CCC(O)CC2)c(C#N)cn1. The molecule has 0 spiro atoms. The number of aliphatic hydroxyl groups is 1. The summed E-state index contributed by atoms with van der Waals surface area (Å²) in [5.74, 6) is 1.16. The van der Waals surface area contributed by atoms with Crippen molar-refractivity contribution in [3.63, 3.8) is 0 Å². The molecular formula is C18H22N6O2. The first-order valence-corrected chi connectivity index (χ1v) is 8.61. The zero-order valence-electron chi connectivity index (χ0n) is 14.6. The minimum atomic E-state index is -0.207. The minimum absolute atomic E-state index is 0.207. The van der Waals surface area contributed by atoms with E-state index in [0.717, 1.165) is 36.9 Å². The van der Waals surface area contributed by atoms with Gasteiger partial charge in [0.05, 0.1) is 30.0 Å². The van der Waals surface area contributed by atoms with Gasteiger partial charge in [0.15, 0.2) is 0 Å². The van der Waals surface area contributed by atoms with Gasteiger partial charge in [-0.25, -0.2) is 15.0 Å². The van der Waals surface area contributed by atoms with Gasteiger partial charge in [0, 0.05) is 31.0 Å². The topological polar surface area (TPSA) is 116 Å². The van der Waals surface area contributed by atoms with Crippen LogP contribution in [-0.4, -0.2) is 39.3 Å². The van der Waals surface area contributed by atoms with Crippen LogP contribution in [0.4, 0.5) is 11.5 Å². The number of aliphatic hydroxyl groups excluding tert-OH is 1. The lowest BCUT2D eigenvalue weighted by atomic mass is 9.93. The van der Waals surface area contributed by atoms with Crippen molar-refractivity contribution < 1.29 is 9.84 Å². The summed E-state index contributed by atoms with van der Waals surface area (Å²) < 4.78 is 5.22. The summed E-state index contributed by atoms with van der Waals surface area (Å²) in [6.07, 6.45) is 7.81. The van der Waals surface area contributed by atoms with Crippen molar-refractivity contribution in [3.05, 3.63) is 35.9 Å². The number of ether oxygens (including phenoxy) is 1. The van der Waals surface area contributed by atoms with Crippen LogP contribution in [0.5, 0.6) is 5.88 Å². The molecule has 1 aliphatic rings. The monoisotopic (exact) mass is 354 g/mol. The van der Waals surface area contributed by atoms with Gasteiger partial charge in [0.25, 0.3) is 0 Å². The Morgan fingerprint density at radius 2 is 2.08 bits per heavy atom. The van der Waals surface area contributed by atoms with Gasteiger partial charge in [-0.2, -0.15) is 5.26 Å². The summed E-state index contributed by atoms with van der Waals surface area (Å²) >= 11 is 0. The number of hydrogen-bond donors (Lipinski definition) is 3. The van der Waals surface area contributed by atoms with Gasteiger partial charge in [0.2, 0.25) is 5.88 Å². The molecule has 1 aliphatic carbocycles. The van der Waals surface area contributed by atoms with E-state index in [1.807, 2.05) is 6.07 Å². The molecule has 2 aromatic rings. The summed E-state index contributed by atoms with van der Waals surface area (Å²) in [7, 11) is 1.56. The van der Waals surface area contributed by atoms with Crippen LogP contribution >= 0.6 is 0 Å². The highest BCUT2D eigenvalue weighted by Gasteiger charge is 2.20. The first-order valence-electron chi connectivity index (χ1n) is 8.61. The van der Waals surface area contributed by atoms with Crippen molar-refractivity contribution in [2.75, 3.05) is 17.7 Å². The number of hydrogen-bond acceptors (Lipinski definition) is 8. The van der Waals surface area contributed by atoms with Gasteiger partial charge >= 0.3 is 0 Å². The summed E-state index contributed by atoms with van der Waals surface area (Å²) in [6, 6.07) is 4.26. The Morgan fingerprint density at radius 3 is 2.81 bits per heavy atom. The van der Waals surface area contributed by atoms with E-state index in [1.54, 1.807) is 19.5 Å².